The van der Waals surface area contributed by atoms with E-state index in [1.807, 2.05) is 0 Å². The maximum absolute atomic E-state index is 12.6. The zero-order valence-corrected chi connectivity index (χ0v) is 15.5. The molecule has 8 nitrogen and oxygen atoms in total. The number of carbonyl (C=O) groups excluding carboxylic acids is 2. The molecule has 1 aliphatic heterocycles. The average molecular weight is 397 g/mol. The summed E-state index contributed by atoms with van der Waals surface area (Å²) in [7, 11) is 0. The van der Waals surface area contributed by atoms with E-state index in [2.05, 4.69) is 11.4 Å². The summed E-state index contributed by atoms with van der Waals surface area (Å²) >= 11 is 1.40. The van der Waals surface area contributed by atoms with Crippen molar-refractivity contribution >= 4 is 39.8 Å². The van der Waals surface area contributed by atoms with Crippen molar-refractivity contribution in [1.29, 1.82) is 5.26 Å². The number of fused-ring (bicyclic) bond motifs is 2. The molecule has 9 heteroatoms. The molecule has 4 rings (SSSR count). The first kappa shape index (κ1) is 18.0. The van der Waals surface area contributed by atoms with Crippen molar-refractivity contribution < 1.29 is 24.2 Å². The van der Waals surface area contributed by atoms with Crippen molar-refractivity contribution in [1.82, 2.24) is 0 Å². The third kappa shape index (κ3) is 3.08. The first-order chi connectivity index (χ1) is 13.5. The lowest BCUT2D eigenvalue weighted by molar-refractivity contribution is -0.123. The van der Waals surface area contributed by atoms with Gasteiger partial charge in [0.1, 0.15) is 23.4 Å². The van der Waals surface area contributed by atoms with Crippen LogP contribution in [0.2, 0.25) is 0 Å². The highest BCUT2D eigenvalue weighted by atomic mass is 32.1. The minimum Gasteiger partial charge on any atom is -0.482 e. The molecule has 2 amide bonds. The molecular formula is C19H15N3O5S. The number of carbonyl (C=O) groups is 3. The molecule has 0 radical (unpaired) electrons. The number of nitrogens with one attached hydrogen (secondary N) is 1. The lowest BCUT2D eigenvalue weighted by atomic mass is 10.1. The van der Waals surface area contributed by atoms with Gasteiger partial charge in [-0.25, -0.2) is 4.79 Å². The van der Waals surface area contributed by atoms with Crippen molar-refractivity contribution in [2.75, 3.05) is 23.4 Å². The predicted octanol–water partition coefficient (Wildman–Crippen LogP) is 2.17. The van der Waals surface area contributed by atoms with E-state index in [0.29, 0.717) is 16.3 Å². The molecule has 1 aliphatic carbocycles. The molecule has 0 fully saturated rings. The number of benzene rings is 1. The average Bonchev–Trinajstić information content (AvgIpc) is 3.24. The lowest BCUT2D eigenvalue weighted by Crippen LogP contribution is -2.43. The first-order valence-corrected chi connectivity index (χ1v) is 9.44. The third-order valence-electron chi connectivity index (χ3n) is 4.74. The third-order valence-corrected chi connectivity index (χ3v) is 5.94. The van der Waals surface area contributed by atoms with Gasteiger partial charge in [0, 0.05) is 4.88 Å². The van der Waals surface area contributed by atoms with Crippen LogP contribution < -0.4 is 15.0 Å². The molecular weight excluding hydrogens is 382 g/mol. The van der Waals surface area contributed by atoms with E-state index in [1.165, 1.54) is 34.4 Å². The van der Waals surface area contributed by atoms with E-state index >= 15 is 0 Å². The van der Waals surface area contributed by atoms with E-state index in [0.717, 1.165) is 29.7 Å². The van der Waals surface area contributed by atoms with Crippen molar-refractivity contribution in [2.45, 2.75) is 19.3 Å². The van der Waals surface area contributed by atoms with Crippen LogP contribution in [0.25, 0.3) is 0 Å². The highest BCUT2D eigenvalue weighted by Gasteiger charge is 2.29. The fourth-order valence-electron chi connectivity index (χ4n) is 3.43. The molecule has 1 aromatic carbocycles. The first-order valence-electron chi connectivity index (χ1n) is 8.63. The van der Waals surface area contributed by atoms with Gasteiger partial charge in [-0.2, -0.15) is 5.26 Å². The van der Waals surface area contributed by atoms with Crippen LogP contribution in [0.15, 0.2) is 18.2 Å². The Morgan fingerprint density at radius 1 is 1.36 bits per heavy atom. The van der Waals surface area contributed by atoms with Crippen molar-refractivity contribution in [3.63, 3.8) is 0 Å². The SMILES string of the molecule is N#Cc1c(NC(=O)CN2C(=O)COc3ccc(C(=O)O)cc32)sc2c1CCC2. The maximum Gasteiger partial charge on any atom is 0.335 e. The standard InChI is InChI=1S/C19H15N3O5S/c20-7-12-11-2-1-3-15(11)28-18(12)21-16(23)8-22-13-6-10(19(25)26)4-5-14(13)27-9-17(22)24/h4-6H,1-3,8-9H2,(H,21,23)(H,25,26). The normalized spacial score (nSPS) is 14.7. The monoisotopic (exact) mass is 397 g/mol. The second-order valence-electron chi connectivity index (χ2n) is 6.48. The molecule has 0 unspecified atom stereocenters. The van der Waals surface area contributed by atoms with Gasteiger partial charge in [-0.15, -0.1) is 11.3 Å². The quantitative estimate of drug-likeness (QED) is 0.816. The van der Waals surface area contributed by atoms with Gasteiger partial charge in [0.15, 0.2) is 6.61 Å². The number of carboxylic acids is 1. The molecule has 142 valence electrons. The van der Waals surface area contributed by atoms with Crippen LogP contribution in [0, 0.1) is 11.3 Å². The summed E-state index contributed by atoms with van der Waals surface area (Å²) in [6.07, 6.45) is 2.74. The zero-order chi connectivity index (χ0) is 19.8. The molecule has 28 heavy (non-hydrogen) atoms. The van der Waals surface area contributed by atoms with Gasteiger partial charge in [0.2, 0.25) is 5.91 Å². The Kier molecular flexibility index (Phi) is 4.49. The largest absolute Gasteiger partial charge is 0.482 e. The number of amides is 2. The summed E-state index contributed by atoms with van der Waals surface area (Å²) in [5.74, 6) is -1.71. The second-order valence-corrected chi connectivity index (χ2v) is 7.58. The van der Waals surface area contributed by atoms with Gasteiger partial charge in [-0.3, -0.25) is 14.5 Å². The summed E-state index contributed by atoms with van der Waals surface area (Å²) in [5.41, 5.74) is 1.72. The van der Waals surface area contributed by atoms with Gasteiger partial charge >= 0.3 is 5.97 Å². The number of anilines is 2. The van der Waals surface area contributed by atoms with Gasteiger partial charge < -0.3 is 15.2 Å². The van der Waals surface area contributed by atoms with E-state index in [-0.39, 0.29) is 24.4 Å². The topological polar surface area (TPSA) is 120 Å². The van der Waals surface area contributed by atoms with Crippen LogP contribution in [-0.4, -0.2) is 36.0 Å². The molecule has 2 heterocycles. The Bertz CT molecular complexity index is 1050. The van der Waals surface area contributed by atoms with E-state index in [1.54, 1.807) is 0 Å². The summed E-state index contributed by atoms with van der Waals surface area (Å²) in [6, 6.07) is 6.31. The molecule has 0 saturated heterocycles. The number of hydrogen-bond acceptors (Lipinski definition) is 6. The Morgan fingerprint density at radius 3 is 2.93 bits per heavy atom. The predicted molar refractivity (Wildman–Crippen MR) is 101 cm³/mol. The minimum atomic E-state index is -1.14. The molecule has 0 bridgehead atoms. The fraction of sp³-hybridized carbons (Fsp3) is 0.263. The van der Waals surface area contributed by atoms with Crippen LogP contribution >= 0.6 is 11.3 Å². The summed E-state index contributed by atoms with van der Waals surface area (Å²) in [5, 5.41) is 21.8. The molecule has 0 saturated carbocycles. The second kappa shape index (κ2) is 6.98. The van der Waals surface area contributed by atoms with Crippen molar-refractivity contribution in [3.05, 3.63) is 39.8 Å². The number of aromatic carboxylic acids is 1. The van der Waals surface area contributed by atoms with Crippen molar-refractivity contribution in [3.8, 4) is 11.8 Å². The van der Waals surface area contributed by atoms with Crippen LogP contribution in [0.3, 0.4) is 0 Å². The van der Waals surface area contributed by atoms with Gasteiger partial charge in [0.25, 0.3) is 5.91 Å². The zero-order valence-electron chi connectivity index (χ0n) is 14.7. The highest BCUT2D eigenvalue weighted by Crippen LogP contribution is 2.39. The van der Waals surface area contributed by atoms with Crippen LogP contribution in [-0.2, 0) is 22.4 Å². The minimum absolute atomic E-state index is 0.0103. The molecule has 0 spiro atoms. The van der Waals surface area contributed by atoms with Crippen LogP contribution in [0.4, 0.5) is 10.7 Å². The number of thiophene rings is 1. The van der Waals surface area contributed by atoms with Crippen LogP contribution in [0.5, 0.6) is 5.75 Å². The fourth-order valence-corrected chi connectivity index (χ4v) is 4.68. The number of ether oxygens (including phenoxy) is 1. The van der Waals surface area contributed by atoms with Gasteiger partial charge in [-0.1, -0.05) is 0 Å². The number of hydrogen-bond donors (Lipinski definition) is 2. The Balaban J connectivity index is 1.57. The molecule has 2 N–H and O–H groups in total. The number of aryl methyl sites for hydroxylation is 1. The highest BCUT2D eigenvalue weighted by molar-refractivity contribution is 7.16. The van der Waals surface area contributed by atoms with E-state index < -0.39 is 17.8 Å². The lowest BCUT2D eigenvalue weighted by Gasteiger charge is -2.29. The van der Waals surface area contributed by atoms with Gasteiger partial charge in [0.05, 0.1) is 16.8 Å². The van der Waals surface area contributed by atoms with E-state index in [4.69, 9.17) is 4.74 Å². The molecule has 2 aliphatic rings. The maximum atomic E-state index is 12.6. The number of rotatable bonds is 4. The summed E-state index contributed by atoms with van der Waals surface area (Å²) < 4.78 is 5.32. The number of nitrogens with zero attached hydrogens (tertiary/aromatic N) is 2. The molecule has 2 aromatic rings. The summed E-state index contributed by atoms with van der Waals surface area (Å²) in [6.45, 7) is -0.533. The molecule has 1 aromatic heterocycles. The van der Waals surface area contributed by atoms with E-state index in [9.17, 15) is 24.8 Å². The Labute approximate surface area is 163 Å². The number of nitriles is 1. The van der Waals surface area contributed by atoms with Gasteiger partial charge in [-0.05, 0) is 43.0 Å². The van der Waals surface area contributed by atoms with Crippen LogP contribution in [0.1, 0.15) is 32.8 Å². The van der Waals surface area contributed by atoms with Crippen molar-refractivity contribution in [2.24, 2.45) is 0 Å². The number of carboxylic acid groups (broad SMARTS) is 1. The molecule has 0 atom stereocenters. The Hall–Kier alpha value is -3.38. The Morgan fingerprint density at radius 2 is 2.18 bits per heavy atom. The summed E-state index contributed by atoms with van der Waals surface area (Å²) in [4.78, 5) is 38.4. The smallest absolute Gasteiger partial charge is 0.335 e.